The van der Waals surface area contributed by atoms with Crippen molar-refractivity contribution in [2.45, 2.75) is 25.0 Å². The topological polar surface area (TPSA) is 0 Å². The third-order valence-corrected chi connectivity index (χ3v) is 2.82. The summed E-state index contributed by atoms with van der Waals surface area (Å²) in [5, 5.41) is 0. The first-order chi connectivity index (χ1) is 4.64. The second kappa shape index (κ2) is 2.72. The lowest BCUT2D eigenvalue weighted by atomic mass is 10.1. The van der Waals surface area contributed by atoms with E-state index in [2.05, 4.69) is 25.8 Å². The van der Waals surface area contributed by atoms with E-state index in [-0.39, 0.29) is 4.75 Å². The number of hydrogen-bond donors (Lipinski definition) is 0. The van der Waals surface area contributed by atoms with Gasteiger partial charge in [-0.3, -0.25) is 0 Å². The Balaban J connectivity index is 2.78. The first kappa shape index (κ1) is 7.75. The molecule has 0 aromatic carbocycles. The van der Waals surface area contributed by atoms with Crippen LogP contribution in [0, 0.1) is 12.3 Å². The lowest BCUT2D eigenvalue weighted by Gasteiger charge is -2.24. The molecule has 0 saturated carbocycles. The summed E-state index contributed by atoms with van der Waals surface area (Å²) in [7, 11) is 0. The summed E-state index contributed by atoms with van der Waals surface area (Å²) in [5.41, 5.74) is 1.17. The minimum atomic E-state index is 0.264. The first-order valence-corrected chi connectivity index (χ1v) is 4.45. The van der Waals surface area contributed by atoms with E-state index in [0.717, 1.165) is 6.42 Å². The molecule has 0 aromatic heterocycles. The fourth-order valence-corrected chi connectivity index (χ4v) is 2.14. The highest BCUT2D eigenvalue weighted by Crippen LogP contribution is 2.33. The molecular formula is C9H12S. The van der Waals surface area contributed by atoms with Gasteiger partial charge in [0, 0.05) is 4.75 Å². The predicted octanol–water partition coefficient (Wildman–Crippen LogP) is 2.46. The Kier molecular flexibility index (Phi) is 2.11. The van der Waals surface area contributed by atoms with Crippen LogP contribution in [0.2, 0.25) is 0 Å². The van der Waals surface area contributed by atoms with Gasteiger partial charge in [-0.1, -0.05) is 12.0 Å². The van der Waals surface area contributed by atoms with Gasteiger partial charge in [0.15, 0.2) is 0 Å². The number of allylic oxidation sites excluding steroid dienone is 1. The molecule has 1 aliphatic heterocycles. The van der Waals surface area contributed by atoms with Crippen LogP contribution in [0.3, 0.4) is 0 Å². The zero-order chi connectivity index (χ0) is 7.61. The van der Waals surface area contributed by atoms with Gasteiger partial charge in [0.25, 0.3) is 0 Å². The van der Waals surface area contributed by atoms with Gasteiger partial charge >= 0.3 is 0 Å². The predicted molar refractivity (Wildman–Crippen MR) is 48.1 cm³/mol. The fourth-order valence-electron chi connectivity index (χ4n) is 1.07. The minimum absolute atomic E-state index is 0.264. The molecule has 0 fully saturated rings. The van der Waals surface area contributed by atoms with E-state index in [9.17, 15) is 0 Å². The van der Waals surface area contributed by atoms with Gasteiger partial charge < -0.3 is 0 Å². The van der Waals surface area contributed by atoms with E-state index in [1.54, 1.807) is 0 Å². The molecule has 0 unspecified atom stereocenters. The van der Waals surface area contributed by atoms with Crippen molar-refractivity contribution in [3.05, 3.63) is 11.6 Å². The zero-order valence-corrected chi connectivity index (χ0v) is 7.29. The molecule has 0 bridgehead atoms. The second-order valence-electron chi connectivity index (χ2n) is 3.02. The molecule has 1 rings (SSSR count). The van der Waals surface area contributed by atoms with Gasteiger partial charge in [0.05, 0.1) is 0 Å². The van der Waals surface area contributed by atoms with Crippen LogP contribution in [0.1, 0.15) is 20.3 Å². The Morgan fingerprint density at radius 2 is 2.40 bits per heavy atom. The Morgan fingerprint density at radius 3 is 2.80 bits per heavy atom. The highest BCUT2D eigenvalue weighted by atomic mass is 32.2. The lowest BCUT2D eigenvalue weighted by Crippen LogP contribution is -2.16. The van der Waals surface area contributed by atoms with E-state index in [4.69, 9.17) is 6.42 Å². The maximum absolute atomic E-state index is 5.30. The van der Waals surface area contributed by atoms with Crippen LogP contribution < -0.4 is 0 Å². The standard InChI is InChI=1S/C9H12S/c1-4-8-5-6-10-9(2,3)7-8/h1,7H,5-6H2,2-3H3. The number of hydrogen-bond acceptors (Lipinski definition) is 1. The van der Waals surface area contributed by atoms with Crippen molar-refractivity contribution in [3.8, 4) is 12.3 Å². The largest absolute Gasteiger partial charge is 0.151 e. The van der Waals surface area contributed by atoms with Gasteiger partial charge in [-0.2, -0.15) is 11.8 Å². The van der Waals surface area contributed by atoms with Crippen molar-refractivity contribution in [3.63, 3.8) is 0 Å². The molecule has 0 atom stereocenters. The van der Waals surface area contributed by atoms with Gasteiger partial charge in [-0.15, -0.1) is 6.42 Å². The molecular weight excluding hydrogens is 140 g/mol. The van der Waals surface area contributed by atoms with E-state index < -0.39 is 0 Å². The third-order valence-electron chi connectivity index (χ3n) is 1.55. The first-order valence-electron chi connectivity index (χ1n) is 3.46. The van der Waals surface area contributed by atoms with E-state index in [0.29, 0.717) is 0 Å². The summed E-state index contributed by atoms with van der Waals surface area (Å²) in [5.74, 6) is 3.88. The maximum atomic E-state index is 5.30. The molecule has 0 radical (unpaired) electrons. The smallest absolute Gasteiger partial charge is 0.0294 e. The lowest BCUT2D eigenvalue weighted by molar-refractivity contribution is 0.865. The molecule has 1 heterocycles. The van der Waals surface area contributed by atoms with E-state index in [1.165, 1.54) is 11.3 Å². The van der Waals surface area contributed by atoms with E-state index >= 15 is 0 Å². The summed E-state index contributed by atoms with van der Waals surface area (Å²) in [6.45, 7) is 4.41. The number of rotatable bonds is 0. The van der Waals surface area contributed by atoms with Crippen LogP contribution >= 0.6 is 11.8 Å². The van der Waals surface area contributed by atoms with Crippen LogP contribution in [0.25, 0.3) is 0 Å². The highest BCUT2D eigenvalue weighted by Gasteiger charge is 2.19. The Bertz CT molecular complexity index is 193. The zero-order valence-electron chi connectivity index (χ0n) is 6.48. The summed E-state index contributed by atoms with van der Waals surface area (Å²) in [6.07, 6.45) is 8.57. The van der Waals surface area contributed by atoms with Crippen LogP contribution in [0.15, 0.2) is 11.6 Å². The molecule has 1 aliphatic rings. The molecule has 54 valence electrons. The van der Waals surface area contributed by atoms with Crippen molar-refractivity contribution in [2.24, 2.45) is 0 Å². The summed E-state index contributed by atoms with van der Waals surface area (Å²) >= 11 is 1.97. The number of terminal acetylenes is 1. The van der Waals surface area contributed by atoms with Crippen molar-refractivity contribution < 1.29 is 0 Å². The Hall–Kier alpha value is -0.350. The van der Waals surface area contributed by atoms with E-state index in [1.807, 2.05) is 11.8 Å². The maximum Gasteiger partial charge on any atom is 0.0294 e. The molecule has 0 spiro atoms. The SMILES string of the molecule is C#CC1=CC(C)(C)SCC1. The van der Waals surface area contributed by atoms with Crippen molar-refractivity contribution in [1.29, 1.82) is 0 Å². The molecule has 0 amide bonds. The average Bonchev–Trinajstić information content (AvgIpc) is 1.86. The normalized spacial score (nSPS) is 23.1. The van der Waals surface area contributed by atoms with Gasteiger partial charge in [-0.25, -0.2) is 0 Å². The van der Waals surface area contributed by atoms with Crippen LogP contribution in [-0.4, -0.2) is 10.5 Å². The van der Waals surface area contributed by atoms with Crippen molar-refractivity contribution >= 4 is 11.8 Å². The molecule has 0 saturated heterocycles. The van der Waals surface area contributed by atoms with Gasteiger partial charge in [-0.05, 0) is 31.6 Å². The molecule has 0 aliphatic carbocycles. The summed E-state index contributed by atoms with van der Waals surface area (Å²) in [4.78, 5) is 0. The summed E-state index contributed by atoms with van der Waals surface area (Å²) < 4.78 is 0.264. The van der Waals surface area contributed by atoms with Crippen molar-refractivity contribution in [2.75, 3.05) is 5.75 Å². The molecule has 0 N–H and O–H groups in total. The van der Waals surface area contributed by atoms with Gasteiger partial charge in [0.2, 0.25) is 0 Å². The quantitative estimate of drug-likeness (QED) is 0.480. The van der Waals surface area contributed by atoms with Crippen LogP contribution in [0.5, 0.6) is 0 Å². The monoisotopic (exact) mass is 152 g/mol. The van der Waals surface area contributed by atoms with Crippen LogP contribution in [0.4, 0.5) is 0 Å². The average molecular weight is 152 g/mol. The third kappa shape index (κ3) is 1.82. The second-order valence-corrected chi connectivity index (χ2v) is 4.76. The Labute approximate surface area is 67.1 Å². The van der Waals surface area contributed by atoms with Crippen molar-refractivity contribution in [1.82, 2.24) is 0 Å². The van der Waals surface area contributed by atoms with Crippen LogP contribution in [-0.2, 0) is 0 Å². The molecule has 10 heavy (non-hydrogen) atoms. The highest BCUT2D eigenvalue weighted by molar-refractivity contribution is 8.00. The minimum Gasteiger partial charge on any atom is -0.151 e. The summed E-state index contributed by atoms with van der Waals surface area (Å²) in [6, 6.07) is 0. The Morgan fingerprint density at radius 1 is 1.70 bits per heavy atom. The number of thioether (sulfide) groups is 1. The van der Waals surface area contributed by atoms with Gasteiger partial charge in [0.1, 0.15) is 0 Å². The molecule has 0 nitrogen and oxygen atoms in total. The fraction of sp³-hybridized carbons (Fsp3) is 0.556. The molecule has 0 aromatic rings. The molecule has 1 heteroatoms.